The maximum Gasteiger partial charge on any atom is 0.401 e. The predicted octanol–water partition coefficient (Wildman–Crippen LogP) is 3.67. The molecule has 21 heavy (non-hydrogen) atoms. The Morgan fingerprint density at radius 2 is 1.95 bits per heavy atom. The largest absolute Gasteiger partial charge is 0.401 e. The molecule has 1 aromatic carbocycles. The Hall–Kier alpha value is -1.14. The van der Waals surface area contributed by atoms with Crippen molar-refractivity contribution in [3.63, 3.8) is 0 Å². The molecule has 0 aliphatic carbocycles. The highest BCUT2D eigenvalue weighted by Gasteiger charge is 2.29. The van der Waals surface area contributed by atoms with E-state index in [0.29, 0.717) is 18.5 Å². The predicted molar refractivity (Wildman–Crippen MR) is 75.7 cm³/mol. The average molecular weight is 306 g/mol. The fraction of sp³-hybridized carbons (Fsp3) is 0.600. The summed E-state index contributed by atoms with van der Waals surface area (Å²) in [5, 5.41) is 3.19. The number of hydrogen-bond donors (Lipinski definition) is 1. The first kappa shape index (κ1) is 17.9. The smallest absolute Gasteiger partial charge is 0.310 e. The summed E-state index contributed by atoms with van der Waals surface area (Å²) in [6.07, 6.45) is -3.71. The van der Waals surface area contributed by atoms with Crippen LogP contribution in [0, 0.1) is 12.7 Å². The molecule has 0 fully saturated rings. The molecular weight excluding hydrogens is 284 g/mol. The van der Waals surface area contributed by atoms with Gasteiger partial charge < -0.3 is 5.32 Å². The van der Waals surface area contributed by atoms with E-state index < -0.39 is 12.7 Å². The molecule has 0 heterocycles. The second-order valence-electron chi connectivity index (χ2n) is 5.26. The topological polar surface area (TPSA) is 15.3 Å². The lowest BCUT2D eigenvalue weighted by molar-refractivity contribution is -0.143. The molecule has 1 rings (SSSR count). The summed E-state index contributed by atoms with van der Waals surface area (Å²) in [4.78, 5) is 1.23. The van der Waals surface area contributed by atoms with Crippen LogP contribution in [0.3, 0.4) is 0 Å². The lowest BCUT2D eigenvalue weighted by Gasteiger charge is -2.23. The van der Waals surface area contributed by atoms with Gasteiger partial charge in [0.05, 0.1) is 6.54 Å². The van der Waals surface area contributed by atoms with Crippen LogP contribution >= 0.6 is 0 Å². The van der Waals surface area contributed by atoms with Crippen LogP contribution in [0.2, 0.25) is 0 Å². The molecule has 0 bridgehead atoms. The number of benzene rings is 1. The highest BCUT2D eigenvalue weighted by atomic mass is 19.4. The van der Waals surface area contributed by atoms with Gasteiger partial charge in [0.1, 0.15) is 5.82 Å². The lowest BCUT2D eigenvalue weighted by Crippen LogP contribution is -2.34. The highest BCUT2D eigenvalue weighted by molar-refractivity contribution is 5.25. The summed E-state index contributed by atoms with van der Waals surface area (Å²) in [5.74, 6) is -0.293. The van der Waals surface area contributed by atoms with Crippen LogP contribution in [0.4, 0.5) is 17.6 Å². The van der Waals surface area contributed by atoms with Crippen molar-refractivity contribution in [3.05, 3.63) is 35.1 Å². The average Bonchev–Trinajstić information content (AvgIpc) is 2.36. The van der Waals surface area contributed by atoms with E-state index in [1.807, 2.05) is 13.0 Å². The van der Waals surface area contributed by atoms with Gasteiger partial charge in [-0.3, -0.25) is 4.90 Å². The normalized spacial score (nSPS) is 13.7. The molecule has 0 radical (unpaired) electrons. The molecule has 0 aliphatic heterocycles. The van der Waals surface area contributed by atoms with E-state index in [9.17, 15) is 17.6 Å². The van der Waals surface area contributed by atoms with Gasteiger partial charge in [-0.25, -0.2) is 4.39 Å². The molecule has 0 saturated heterocycles. The van der Waals surface area contributed by atoms with Crippen LogP contribution in [-0.4, -0.2) is 37.8 Å². The summed E-state index contributed by atoms with van der Waals surface area (Å²) < 4.78 is 50.5. The second-order valence-corrected chi connectivity index (χ2v) is 5.26. The van der Waals surface area contributed by atoms with Gasteiger partial charge >= 0.3 is 6.18 Å². The van der Waals surface area contributed by atoms with Gasteiger partial charge in [0.2, 0.25) is 0 Å². The zero-order chi connectivity index (χ0) is 16.0. The van der Waals surface area contributed by atoms with Crippen LogP contribution in [0.25, 0.3) is 0 Å². The molecular formula is C15H22F4N2. The molecule has 0 aliphatic rings. The maximum absolute atomic E-state index is 13.6. The summed E-state index contributed by atoms with van der Waals surface area (Å²) >= 11 is 0. The zero-order valence-corrected chi connectivity index (χ0v) is 12.6. The number of alkyl halides is 3. The number of aryl methyl sites for hydroxylation is 1. The van der Waals surface area contributed by atoms with E-state index >= 15 is 0 Å². The molecule has 2 nitrogen and oxygen atoms in total. The van der Waals surface area contributed by atoms with Crippen molar-refractivity contribution in [3.8, 4) is 0 Å². The third-order valence-electron chi connectivity index (χ3n) is 3.30. The Morgan fingerprint density at radius 1 is 1.29 bits per heavy atom. The fourth-order valence-electron chi connectivity index (χ4n) is 2.19. The van der Waals surface area contributed by atoms with Crippen molar-refractivity contribution in [2.45, 2.75) is 32.5 Å². The Morgan fingerprint density at radius 3 is 2.48 bits per heavy atom. The van der Waals surface area contributed by atoms with Crippen molar-refractivity contribution in [2.75, 3.05) is 26.7 Å². The lowest BCUT2D eigenvalue weighted by atomic mass is 10.0. The fourth-order valence-corrected chi connectivity index (χ4v) is 2.19. The highest BCUT2D eigenvalue weighted by Crippen LogP contribution is 2.21. The van der Waals surface area contributed by atoms with Gasteiger partial charge in [-0.2, -0.15) is 13.2 Å². The standard InChI is InChI=1S/C15H22F4N2/c1-4-20-14(7-8-21(3)10-15(17,18)19)12-6-5-11(2)13(16)9-12/h5-6,9,14,20H,4,7-8,10H2,1-3H3. The quantitative estimate of drug-likeness (QED) is 0.773. The van der Waals surface area contributed by atoms with E-state index in [1.54, 1.807) is 13.0 Å². The Balaban J connectivity index is 2.67. The summed E-state index contributed by atoms with van der Waals surface area (Å²) in [6, 6.07) is 4.80. The molecule has 1 N–H and O–H groups in total. The van der Waals surface area contributed by atoms with Gasteiger partial charge in [0.25, 0.3) is 0 Å². The Bertz CT molecular complexity index is 446. The summed E-state index contributed by atoms with van der Waals surface area (Å²) in [6.45, 7) is 3.61. The molecule has 1 aromatic rings. The minimum absolute atomic E-state index is 0.152. The van der Waals surface area contributed by atoms with Crippen LogP contribution in [0.1, 0.15) is 30.5 Å². The first-order valence-corrected chi connectivity index (χ1v) is 6.97. The Labute approximate surface area is 123 Å². The monoisotopic (exact) mass is 306 g/mol. The van der Waals surface area contributed by atoms with Crippen LogP contribution in [0.5, 0.6) is 0 Å². The van der Waals surface area contributed by atoms with E-state index in [-0.39, 0.29) is 18.4 Å². The summed E-state index contributed by atoms with van der Waals surface area (Å²) in [5.41, 5.74) is 1.32. The minimum atomic E-state index is -4.20. The maximum atomic E-state index is 13.6. The van der Waals surface area contributed by atoms with E-state index in [1.165, 1.54) is 18.0 Å². The van der Waals surface area contributed by atoms with Crippen molar-refractivity contribution in [2.24, 2.45) is 0 Å². The first-order chi connectivity index (χ1) is 9.73. The van der Waals surface area contributed by atoms with Crippen LogP contribution in [-0.2, 0) is 0 Å². The van der Waals surface area contributed by atoms with Crippen LogP contribution in [0.15, 0.2) is 18.2 Å². The van der Waals surface area contributed by atoms with Gasteiger partial charge in [0.15, 0.2) is 0 Å². The molecule has 0 spiro atoms. The third-order valence-corrected chi connectivity index (χ3v) is 3.30. The first-order valence-electron chi connectivity index (χ1n) is 6.97. The van der Waals surface area contributed by atoms with Gasteiger partial charge in [-0.15, -0.1) is 0 Å². The molecule has 0 aromatic heterocycles. The second kappa shape index (κ2) is 7.75. The van der Waals surface area contributed by atoms with E-state index in [0.717, 1.165) is 5.56 Å². The number of halogens is 4. The van der Waals surface area contributed by atoms with Gasteiger partial charge in [-0.1, -0.05) is 19.1 Å². The van der Waals surface area contributed by atoms with Crippen molar-refractivity contribution in [1.29, 1.82) is 0 Å². The number of nitrogens with zero attached hydrogens (tertiary/aromatic N) is 1. The van der Waals surface area contributed by atoms with Gasteiger partial charge in [-0.05, 0) is 50.7 Å². The molecule has 0 amide bonds. The third kappa shape index (κ3) is 6.44. The van der Waals surface area contributed by atoms with E-state index in [4.69, 9.17) is 0 Å². The van der Waals surface area contributed by atoms with Crippen molar-refractivity contribution >= 4 is 0 Å². The van der Waals surface area contributed by atoms with Crippen LogP contribution < -0.4 is 5.32 Å². The molecule has 6 heteroatoms. The van der Waals surface area contributed by atoms with Crippen molar-refractivity contribution in [1.82, 2.24) is 10.2 Å². The number of nitrogens with one attached hydrogen (secondary N) is 1. The van der Waals surface area contributed by atoms with Gasteiger partial charge in [0, 0.05) is 6.04 Å². The molecule has 1 unspecified atom stereocenters. The number of hydrogen-bond acceptors (Lipinski definition) is 2. The molecule has 1 atom stereocenters. The number of rotatable bonds is 7. The summed E-state index contributed by atoms with van der Waals surface area (Å²) in [7, 11) is 1.44. The molecule has 120 valence electrons. The van der Waals surface area contributed by atoms with Crippen molar-refractivity contribution < 1.29 is 17.6 Å². The SMILES string of the molecule is CCNC(CCN(C)CC(F)(F)F)c1ccc(C)c(F)c1. The molecule has 0 saturated carbocycles. The Kier molecular flexibility index (Phi) is 6.61. The minimum Gasteiger partial charge on any atom is -0.310 e. The van der Waals surface area contributed by atoms with E-state index in [2.05, 4.69) is 5.32 Å². The zero-order valence-electron chi connectivity index (χ0n) is 12.6.